The molecule has 1 heterocycles. The van der Waals surface area contributed by atoms with E-state index in [2.05, 4.69) is 12.2 Å². The second kappa shape index (κ2) is 5.00. The van der Waals surface area contributed by atoms with Crippen molar-refractivity contribution in [2.24, 2.45) is 5.92 Å². The molecule has 2 aliphatic rings. The van der Waals surface area contributed by atoms with Crippen molar-refractivity contribution in [2.45, 2.75) is 57.5 Å². The number of rotatable bonds is 2. The monoisotopic (exact) mass is 247 g/mol. The molecular formula is C16H22FN. The predicted octanol–water partition coefficient (Wildman–Crippen LogP) is 3.60. The maximum Gasteiger partial charge on any atom is 0.123 e. The van der Waals surface area contributed by atoms with Crippen molar-refractivity contribution in [3.63, 3.8) is 0 Å². The number of halogens is 1. The molecule has 1 saturated heterocycles. The lowest BCUT2D eigenvalue weighted by molar-refractivity contribution is 0.257. The van der Waals surface area contributed by atoms with Gasteiger partial charge in [0.05, 0.1) is 0 Å². The summed E-state index contributed by atoms with van der Waals surface area (Å²) in [5.41, 5.74) is 2.38. The van der Waals surface area contributed by atoms with E-state index in [4.69, 9.17) is 0 Å². The van der Waals surface area contributed by atoms with Gasteiger partial charge in [-0.3, -0.25) is 0 Å². The molecule has 1 aromatic carbocycles. The molecule has 2 heteroatoms. The second-order valence-corrected chi connectivity index (χ2v) is 6.01. The van der Waals surface area contributed by atoms with Gasteiger partial charge < -0.3 is 5.32 Å². The third-order valence-electron chi connectivity index (χ3n) is 4.77. The number of aryl methyl sites for hydroxylation is 1. The van der Waals surface area contributed by atoms with Crippen LogP contribution in [0.25, 0.3) is 0 Å². The Morgan fingerprint density at radius 1 is 1.22 bits per heavy atom. The minimum absolute atomic E-state index is 0.106. The Balaban J connectivity index is 1.67. The summed E-state index contributed by atoms with van der Waals surface area (Å²) >= 11 is 0. The van der Waals surface area contributed by atoms with Crippen molar-refractivity contribution in [3.05, 3.63) is 35.1 Å². The molecule has 0 amide bonds. The molecule has 18 heavy (non-hydrogen) atoms. The van der Waals surface area contributed by atoms with Gasteiger partial charge in [-0.1, -0.05) is 12.5 Å². The van der Waals surface area contributed by atoms with Crippen LogP contribution >= 0.6 is 0 Å². The van der Waals surface area contributed by atoms with Crippen LogP contribution in [0.1, 0.15) is 43.2 Å². The molecule has 98 valence electrons. The summed E-state index contributed by atoms with van der Waals surface area (Å²) in [6.45, 7) is 2.08. The van der Waals surface area contributed by atoms with Crippen molar-refractivity contribution in [3.8, 4) is 0 Å². The van der Waals surface area contributed by atoms with Crippen LogP contribution in [0.4, 0.5) is 4.39 Å². The molecule has 0 aromatic heterocycles. The molecule has 1 aliphatic carbocycles. The maximum absolute atomic E-state index is 13.3. The van der Waals surface area contributed by atoms with E-state index in [0.717, 1.165) is 18.4 Å². The molecular weight excluding hydrogens is 225 g/mol. The van der Waals surface area contributed by atoms with E-state index in [1.54, 1.807) is 12.1 Å². The third-order valence-corrected chi connectivity index (χ3v) is 4.77. The van der Waals surface area contributed by atoms with Gasteiger partial charge in [0.25, 0.3) is 0 Å². The standard InChI is InChI=1S/C16H22FN/c1-11-5-7-14(17)9-13(11)10-15-8-6-12-3-2-4-16(12)18-15/h5,7,9,12,15-16,18H,2-4,6,8,10H2,1H3. The molecule has 3 rings (SSSR count). The highest BCUT2D eigenvalue weighted by atomic mass is 19.1. The Kier molecular flexibility index (Phi) is 3.38. The molecule has 1 aliphatic heterocycles. The predicted molar refractivity (Wildman–Crippen MR) is 72.1 cm³/mol. The first kappa shape index (κ1) is 12.2. The fourth-order valence-electron chi connectivity index (χ4n) is 3.69. The molecule has 0 bridgehead atoms. The zero-order valence-electron chi connectivity index (χ0n) is 11.1. The van der Waals surface area contributed by atoms with Gasteiger partial charge in [0.2, 0.25) is 0 Å². The molecule has 1 aromatic rings. The average molecular weight is 247 g/mol. The van der Waals surface area contributed by atoms with Crippen LogP contribution in [0.15, 0.2) is 18.2 Å². The van der Waals surface area contributed by atoms with E-state index in [-0.39, 0.29) is 5.82 Å². The molecule has 3 unspecified atom stereocenters. The van der Waals surface area contributed by atoms with E-state index >= 15 is 0 Å². The summed E-state index contributed by atoms with van der Waals surface area (Å²) in [4.78, 5) is 0. The van der Waals surface area contributed by atoms with Crippen LogP contribution in [-0.2, 0) is 6.42 Å². The molecule has 1 nitrogen and oxygen atoms in total. The highest BCUT2D eigenvalue weighted by Gasteiger charge is 2.33. The summed E-state index contributed by atoms with van der Waals surface area (Å²) in [5, 5.41) is 3.79. The molecule has 1 saturated carbocycles. The van der Waals surface area contributed by atoms with Crippen LogP contribution in [0.2, 0.25) is 0 Å². The second-order valence-electron chi connectivity index (χ2n) is 6.01. The lowest BCUT2D eigenvalue weighted by Crippen LogP contribution is -2.46. The highest BCUT2D eigenvalue weighted by molar-refractivity contribution is 5.27. The van der Waals surface area contributed by atoms with Gasteiger partial charge in [0.1, 0.15) is 5.82 Å². The SMILES string of the molecule is Cc1ccc(F)cc1CC1CCC2CCCC2N1. The van der Waals surface area contributed by atoms with E-state index in [0.29, 0.717) is 6.04 Å². The van der Waals surface area contributed by atoms with Crippen molar-refractivity contribution < 1.29 is 4.39 Å². The van der Waals surface area contributed by atoms with E-state index < -0.39 is 0 Å². The summed E-state index contributed by atoms with van der Waals surface area (Å²) in [6, 6.07) is 6.44. The zero-order valence-corrected chi connectivity index (χ0v) is 11.1. The first-order valence-electron chi connectivity index (χ1n) is 7.23. The number of nitrogens with one attached hydrogen (secondary N) is 1. The van der Waals surface area contributed by atoms with Gasteiger partial charge in [-0.15, -0.1) is 0 Å². The number of fused-ring (bicyclic) bond motifs is 1. The first-order valence-corrected chi connectivity index (χ1v) is 7.23. The Bertz CT molecular complexity index is 429. The smallest absolute Gasteiger partial charge is 0.123 e. The van der Waals surface area contributed by atoms with Gasteiger partial charge in [-0.2, -0.15) is 0 Å². The van der Waals surface area contributed by atoms with Crippen LogP contribution in [0.5, 0.6) is 0 Å². The van der Waals surface area contributed by atoms with Crippen molar-refractivity contribution >= 4 is 0 Å². The number of benzene rings is 1. The normalized spacial score (nSPS) is 31.3. The number of piperidine rings is 1. The van der Waals surface area contributed by atoms with Gasteiger partial charge in [0, 0.05) is 12.1 Å². The van der Waals surface area contributed by atoms with Crippen LogP contribution in [-0.4, -0.2) is 12.1 Å². The van der Waals surface area contributed by atoms with Gasteiger partial charge in [-0.05, 0) is 68.2 Å². The lowest BCUT2D eigenvalue weighted by Gasteiger charge is -2.34. The van der Waals surface area contributed by atoms with Gasteiger partial charge in [0.15, 0.2) is 0 Å². The summed E-state index contributed by atoms with van der Waals surface area (Å²) in [5.74, 6) is 0.806. The van der Waals surface area contributed by atoms with E-state index in [9.17, 15) is 4.39 Å². The average Bonchev–Trinajstić information content (AvgIpc) is 2.81. The van der Waals surface area contributed by atoms with Crippen LogP contribution in [0.3, 0.4) is 0 Å². The Morgan fingerprint density at radius 2 is 2.11 bits per heavy atom. The van der Waals surface area contributed by atoms with Gasteiger partial charge in [-0.25, -0.2) is 4.39 Å². The highest BCUT2D eigenvalue weighted by Crippen LogP contribution is 2.34. The topological polar surface area (TPSA) is 12.0 Å². The number of hydrogen-bond donors (Lipinski definition) is 1. The Morgan fingerprint density at radius 3 is 3.00 bits per heavy atom. The molecule has 0 spiro atoms. The van der Waals surface area contributed by atoms with E-state index in [1.807, 2.05) is 6.07 Å². The maximum atomic E-state index is 13.3. The van der Waals surface area contributed by atoms with Crippen molar-refractivity contribution in [1.82, 2.24) is 5.32 Å². The van der Waals surface area contributed by atoms with Crippen LogP contribution in [0, 0.1) is 18.7 Å². The molecule has 1 N–H and O–H groups in total. The molecule has 0 radical (unpaired) electrons. The van der Waals surface area contributed by atoms with Crippen molar-refractivity contribution in [1.29, 1.82) is 0 Å². The molecule has 2 fully saturated rings. The molecule has 3 atom stereocenters. The summed E-state index contributed by atoms with van der Waals surface area (Å²) < 4.78 is 13.3. The first-order chi connectivity index (χ1) is 8.72. The largest absolute Gasteiger partial charge is 0.311 e. The Hall–Kier alpha value is -0.890. The lowest BCUT2D eigenvalue weighted by atomic mass is 9.87. The van der Waals surface area contributed by atoms with Crippen molar-refractivity contribution in [2.75, 3.05) is 0 Å². The quantitative estimate of drug-likeness (QED) is 0.842. The summed E-state index contributed by atoms with van der Waals surface area (Å²) in [6.07, 6.45) is 7.71. The number of hydrogen-bond acceptors (Lipinski definition) is 1. The van der Waals surface area contributed by atoms with E-state index in [1.165, 1.54) is 43.2 Å². The minimum Gasteiger partial charge on any atom is -0.311 e. The zero-order chi connectivity index (χ0) is 12.5. The van der Waals surface area contributed by atoms with Crippen LogP contribution < -0.4 is 5.32 Å². The third kappa shape index (κ3) is 2.44. The summed E-state index contributed by atoms with van der Waals surface area (Å²) in [7, 11) is 0. The van der Waals surface area contributed by atoms with Gasteiger partial charge >= 0.3 is 0 Å². The minimum atomic E-state index is -0.106. The fraction of sp³-hybridized carbons (Fsp3) is 0.625. The fourth-order valence-corrected chi connectivity index (χ4v) is 3.69. The Labute approximate surface area is 109 Å².